The van der Waals surface area contributed by atoms with Crippen molar-refractivity contribution in [3.8, 4) is 0 Å². The summed E-state index contributed by atoms with van der Waals surface area (Å²) in [6.07, 6.45) is 1.27. The van der Waals surface area contributed by atoms with E-state index in [1.807, 2.05) is 6.92 Å². The van der Waals surface area contributed by atoms with Crippen LogP contribution in [0.1, 0.15) is 19.8 Å². The number of nitro groups is 1. The van der Waals surface area contributed by atoms with Gasteiger partial charge < -0.3 is 10.4 Å². The fraction of sp³-hybridized carbons (Fsp3) is 0.500. The highest BCUT2D eigenvalue weighted by Crippen LogP contribution is 2.29. The van der Waals surface area contributed by atoms with Crippen molar-refractivity contribution in [1.82, 2.24) is 0 Å². The standard InChI is InChI=1S/C12H16F2N2O3/c1-2-8(3-4-17)7-15-11-6-9(13)5-10(14)12(11)16(18)19/h5-6,8,15,17H,2-4,7H2,1H3. The lowest BCUT2D eigenvalue weighted by atomic mass is 10.0. The van der Waals surface area contributed by atoms with Crippen LogP contribution < -0.4 is 5.32 Å². The Morgan fingerprint density at radius 1 is 1.47 bits per heavy atom. The maximum atomic E-state index is 13.4. The molecule has 0 saturated carbocycles. The molecule has 7 heteroatoms. The summed E-state index contributed by atoms with van der Waals surface area (Å²) in [4.78, 5) is 9.87. The molecule has 19 heavy (non-hydrogen) atoms. The van der Waals surface area contributed by atoms with Gasteiger partial charge in [0.1, 0.15) is 11.5 Å². The maximum absolute atomic E-state index is 13.4. The molecule has 0 aliphatic heterocycles. The van der Waals surface area contributed by atoms with Crippen molar-refractivity contribution >= 4 is 11.4 Å². The van der Waals surface area contributed by atoms with E-state index in [4.69, 9.17) is 5.11 Å². The molecule has 0 spiro atoms. The highest BCUT2D eigenvalue weighted by Gasteiger charge is 2.22. The lowest BCUT2D eigenvalue weighted by Crippen LogP contribution is -2.16. The predicted molar refractivity (Wildman–Crippen MR) is 67.0 cm³/mol. The fourth-order valence-corrected chi connectivity index (χ4v) is 1.77. The molecule has 5 nitrogen and oxygen atoms in total. The van der Waals surface area contributed by atoms with Crippen LogP contribution in [0.4, 0.5) is 20.2 Å². The molecule has 1 unspecified atom stereocenters. The Bertz CT molecular complexity index is 455. The summed E-state index contributed by atoms with van der Waals surface area (Å²) < 4.78 is 26.4. The fourth-order valence-electron chi connectivity index (χ4n) is 1.77. The van der Waals surface area contributed by atoms with Crippen LogP contribution in [0.3, 0.4) is 0 Å². The first-order chi connectivity index (χ1) is 8.99. The molecular weight excluding hydrogens is 258 g/mol. The summed E-state index contributed by atoms with van der Waals surface area (Å²) in [7, 11) is 0. The van der Waals surface area contributed by atoms with Gasteiger partial charge in [0, 0.05) is 25.3 Å². The quantitative estimate of drug-likeness (QED) is 0.592. The second kappa shape index (κ2) is 6.98. The third-order valence-corrected chi connectivity index (χ3v) is 2.91. The third kappa shape index (κ3) is 4.13. The minimum atomic E-state index is -1.21. The number of hydrogen-bond acceptors (Lipinski definition) is 4. The number of rotatable bonds is 7. The predicted octanol–water partition coefficient (Wildman–Crippen LogP) is 2.69. The Balaban J connectivity index is 2.90. The molecule has 0 bridgehead atoms. The first kappa shape index (κ1) is 15.3. The van der Waals surface area contributed by atoms with Crippen molar-refractivity contribution in [2.75, 3.05) is 18.5 Å². The van der Waals surface area contributed by atoms with Crippen molar-refractivity contribution in [3.63, 3.8) is 0 Å². The van der Waals surface area contributed by atoms with Crippen LogP contribution in [0.5, 0.6) is 0 Å². The van der Waals surface area contributed by atoms with E-state index in [1.165, 1.54) is 0 Å². The number of aliphatic hydroxyl groups excluding tert-OH is 1. The molecule has 0 aromatic heterocycles. The Labute approximate surface area is 109 Å². The molecule has 1 aromatic rings. The molecule has 0 heterocycles. The van der Waals surface area contributed by atoms with Crippen LogP contribution in [0.15, 0.2) is 12.1 Å². The first-order valence-corrected chi connectivity index (χ1v) is 5.97. The second-order valence-electron chi connectivity index (χ2n) is 4.21. The van der Waals surface area contributed by atoms with Gasteiger partial charge >= 0.3 is 5.69 Å². The number of hydrogen-bond donors (Lipinski definition) is 2. The number of nitrogens with zero attached hydrogens (tertiary/aromatic N) is 1. The molecule has 0 aliphatic rings. The molecular formula is C12H16F2N2O3. The summed E-state index contributed by atoms with van der Waals surface area (Å²) in [5.74, 6) is -2.00. The van der Waals surface area contributed by atoms with E-state index in [0.717, 1.165) is 12.5 Å². The largest absolute Gasteiger partial charge is 0.396 e. The lowest BCUT2D eigenvalue weighted by Gasteiger charge is -2.15. The van der Waals surface area contributed by atoms with Crippen LogP contribution in [-0.4, -0.2) is 23.2 Å². The van der Waals surface area contributed by atoms with Gasteiger partial charge in [-0.3, -0.25) is 10.1 Å². The van der Waals surface area contributed by atoms with Crippen LogP contribution >= 0.6 is 0 Å². The van der Waals surface area contributed by atoms with Gasteiger partial charge in [-0.25, -0.2) is 4.39 Å². The molecule has 0 fully saturated rings. The number of nitro benzene ring substituents is 1. The van der Waals surface area contributed by atoms with E-state index in [0.29, 0.717) is 19.0 Å². The van der Waals surface area contributed by atoms with Gasteiger partial charge in [0.05, 0.1) is 4.92 Å². The van der Waals surface area contributed by atoms with Gasteiger partial charge in [-0.05, 0) is 12.3 Å². The van der Waals surface area contributed by atoms with Gasteiger partial charge in [-0.2, -0.15) is 4.39 Å². The average molecular weight is 274 g/mol. The lowest BCUT2D eigenvalue weighted by molar-refractivity contribution is -0.386. The molecule has 0 amide bonds. The van der Waals surface area contributed by atoms with Crippen LogP contribution in [0.25, 0.3) is 0 Å². The van der Waals surface area contributed by atoms with Crippen LogP contribution in [0.2, 0.25) is 0 Å². The normalized spacial score (nSPS) is 12.2. The Morgan fingerprint density at radius 2 is 2.16 bits per heavy atom. The van der Waals surface area contributed by atoms with Gasteiger partial charge in [0.2, 0.25) is 5.82 Å². The van der Waals surface area contributed by atoms with E-state index in [9.17, 15) is 18.9 Å². The van der Waals surface area contributed by atoms with E-state index in [-0.39, 0.29) is 18.2 Å². The Kier molecular flexibility index (Phi) is 5.62. The van der Waals surface area contributed by atoms with Gasteiger partial charge in [-0.15, -0.1) is 0 Å². The van der Waals surface area contributed by atoms with Gasteiger partial charge in [0.15, 0.2) is 0 Å². The van der Waals surface area contributed by atoms with Crippen molar-refractivity contribution in [3.05, 3.63) is 33.9 Å². The van der Waals surface area contributed by atoms with Crippen molar-refractivity contribution in [2.24, 2.45) is 5.92 Å². The van der Waals surface area contributed by atoms with E-state index < -0.39 is 22.2 Å². The highest BCUT2D eigenvalue weighted by atomic mass is 19.1. The summed E-state index contributed by atoms with van der Waals surface area (Å²) in [6.45, 7) is 2.21. The number of benzene rings is 1. The molecule has 0 saturated heterocycles. The zero-order chi connectivity index (χ0) is 14.4. The third-order valence-electron chi connectivity index (χ3n) is 2.91. The molecule has 1 aromatic carbocycles. The first-order valence-electron chi connectivity index (χ1n) is 5.97. The Morgan fingerprint density at radius 3 is 2.68 bits per heavy atom. The minimum Gasteiger partial charge on any atom is -0.396 e. The minimum absolute atomic E-state index is 0.000207. The van der Waals surface area contributed by atoms with E-state index in [2.05, 4.69) is 5.32 Å². The van der Waals surface area contributed by atoms with Gasteiger partial charge in [-0.1, -0.05) is 13.3 Å². The molecule has 106 valence electrons. The van der Waals surface area contributed by atoms with Crippen molar-refractivity contribution in [2.45, 2.75) is 19.8 Å². The summed E-state index contributed by atoms with van der Waals surface area (Å²) in [6, 6.07) is 1.38. The highest BCUT2D eigenvalue weighted by molar-refractivity contribution is 5.62. The number of halogens is 2. The summed E-state index contributed by atoms with van der Waals surface area (Å²) >= 11 is 0. The topological polar surface area (TPSA) is 75.4 Å². The molecule has 0 radical (unpaired) electrons. The van der Waals surface area contributed by atoms with E-state index >= 15 is 0 Å². The smallest absolute Gasteiger partial charge is 0.327 e. The zero-order valence-corrected chi connectivity index (χ0v) is 10.5. The SMILES string of the molecule is CCC(CCO)CNc1cc(F)cc(F)c1[N+](=O)[O-]. The van der Waals surface area contributed by atoms with E-state index in [1.54, 1.807) is 0 Å². The monoisotopic (exact) mass is 274 g/mol. The van der Waals surface area contributed by atoms with Crippen LogP contribution in [0, 0.1) is 27.7 Å². The number of aliphatic hydroxyl groups is 1. The average Bonchev–Trinajstić information content (AvgIpc) is 2.32. The van der Waals surface area contributed by atoms with Crippen molar-refractivity contribution in [1.29, 1.82) is 0 Å². The molecule has 1 rings (SSSR count). The maximum Gasteiger partial charge on any atom is 0.327 e. The molecule has 0 aliphatic carbocycles. The number of nitrogens with one attached hydrogen (secondary N) is 1. The van der Waals surface area contributed by atoms with Crippen molar-refractivity contribution < 1.29 is 18.8 Å². The molecule has 1 atom stereocenters. The second-order valence-corrected chi connectivity index (χ2v) is 4.21. The summed E-state index contributed by atoms with van der Waals surface area (Å²) in [5, 5.41) is 22.3. The molecule has 2 N–H and O–H groups in total. The summed E-state index contributed by atoms with van der Waals surface area (Å²) in [5.41, 5.74) is -0.945. The van der Waals surface area contributed by atoms with Gasteiger partial charge in [0.25, 0.3) is 0 Å². The number of anilines is 1. The zero-order valence-electron chi connectivity index (χ0n) is 10.5. The Hall–Kier alpha value is -1.76. The van der Waals surface area contributed by atoms with Crippen LogP contribution in [-0.2, 0) is 0 Å².